The molecule has 0 radical (unpaired) electrons. The number of hydrogen-bond donors (Lipinski definition) is 2. The molecule has 2 fully saturated rings. The number of carbonyl (C=O) groups excluding carboxylic acids is 1. The monoisotopic (exact) mass is 202 g/mol. The highest BCUT2D eigenvalue weighted by Gasteiger charge is 2.36. The second-order valence-electron chi connectivity index (χ2n) is 4.18. The van der Waals surface area contributed by atoms with Crippen molar-refractivity contribution in [2.75, 3.05) is 19.1 Å². The van der Waals surface area contributed by atoms with Gasteiger partial charge in [0.1, 0.15) is 0 Å². The van der Waals surface area contributed by atoms with Crippen LogP contribution < -0.4 is 5.32 Å². The summed E-state index contributed by atoms with van der Waals surface area (Å²) >= 11 is -0.260. The number of rotatable bonds is 1. The van der Waals surface area contributed by atoms with Crippen molar-refractivity contribution in [1.82, 2.24) is 9.62 Å². The van der Waals surface area contributed by atoms with E-state index >= 15 is 0 Å². The van der Waals surface area contributed by atoms with Gasteiger partial charge in [0.05, 0.1) is 0 Å². The molecular formula is C9H18N2OS. The summed E-state index contributed by atoms with van der Waals surface area (Å²) in [7, 11) is 0. The highest BCUT2D eigenvalue weighted by Crippen LogP contribution is 2.34. The van der Waals surface area contributed by atoms with Gasteiger partial charge in [-0.05, 0) is 31.3 Å². The van der Waals surface area contributed by atoms with Crippen LogP contribution in [0.5, 0.6) is 0 Å². The van der Waals surface area contributed by atoms with Crippen molar-refractivity contribution in [2.45, 2.75) is 25.3 Å². The van der Waals surface area contributed by atoms with E-state index in [1.54, 1.807) is 0 Å². The molecule has 2 aliphatic rings. The molecule has 4 heteroatoms. The molecule has 0 aromatic carbocycles. The summed E-state index contributed by atoms with van der Waals surface area (Å²) in [6.45, 7) is 0.995. The Hall–Kier alpha value is -0.380. The van der Waals surface area contributed by atoms with E-state index in [0.717, 1.165) is 12.5 Å². The van der Waals surface area contributed by atoms with E-state index in [-0.39, 0.29) is 17.1 Å². The Morgan fingerprint density at radius 1 is 1.46 bits per heavy atom. The number of nitrogens with zero attached hydrogens (tertiary/aromatic N) is 1. The molecule has 0 spiro atoms. The number of thiol groups is 1. The van der Waals surface area contributed by atoms with Gasteiger partial charge in [0.2, 0.25) is 0 Å². The fraction of sp³-hybridized carbons (Fsp3) is 0.889. The van der Waals surface area contributed by atoms with Crippen molar-refractivity contribution in [3.63, 3.8) is 0 Å². The van der Waals surface area contributed by atoms with Gasteiger partial charge < -0.3 is 5.32 Å². The maximum Gasteiger partial charge on any atom is 0.326 e. The molecule has 13 heavy (non-hydrogen) atoms. The number of urea groups is 1. The van der Waals surface area contributed by atoms with Crippen molar-refractivity contribution in [2.24, 2.45) is 5.92 Å². The summed E-state index contributed by atoms with van der Waals surface area (Å²) < 4.78 is 2.02. The fourth-order valence-corrected chi connectivity index (χ4v) is 3.29. The summed E-state index contributed by atoms with van der Waals surface area (Å²) in [5.41, 5.74) is 0. The number of nitrogens with one attached hydrogen (secondary N) is 1. The van der Waals surface area contributed by atoms with Gasteiger partial charge in [-0.1, -0.05) is 6.42 Å². The lowest BCUT2D eigenvalue weighted by Crippen LogP contribution is -2.53. The molecular weight excluding hydrogens is 184 g/mol. The molecule has 2 unspecified atom stereocenters. The Labute approximate surface area is 82.3 Å². The maximum atomic E-state index is 11.6. The molecule has 2 atom stereocenters. The van der Waals surface area contributed by atoms with Gasteiger partial charge in [0.15, 0.2) is 0 Å². The molecule has 76 valence electrons. The smallest absolute Gasteiger partial charge is 0.326 e. The summed E-state index contributed by atoms with van der Waals surface area (Å²) in [4.78, 5) is 11.6. The van der Waals surface area contributed by atoms with Gasteiger partial charge in [-0.15, -0.1) is 0 Å². The molecule has 1 saturated heterocycles. The highest BCUT2D eigenvalue weighted by atomic mass is 32.2. The van der Waals surface area contributed by atoms with Crippen molar-refractivity contribution in [3.05, 3.63) is 0 Å². The second-order valence-corrected chi connectivity index (χ2v) is 6.35. The van der Waals surface area contributed by atoms with Gasteiger partial charge in [-0.25, -0.2) is 4.79 Å². The van der Waals surface area contributed by atoms with Crippen LogP contribution in [-0.4, -0.2) is 35.4 Å². The predicted molar refractivity (Wildman–Crippen MR) is 57.2 cm³/mol. The Bertz CT molecular complexity index is 220. The molecule has 1 N–H and O–H groups in total. The maximum absolute atomic E-state index is 11.6. The molecule has 0 aromatic heterocycles. The van der Waals surface area contributed by atoms with Crippen molar-refractivity contribution in [3.8, 4) is 0 Å². The summed E-state index contributed by atoms with van der Waals surface area (Å²) in [5.74, 6) is 0.725. The lowest BCUT2D eigenvalue weighted by molar-refractivity contribution is 0.194. The lowest BCUT2D eigenvalue weighted by atomic mass is 10.0. The van der Waals surface area contributed by atoms with Crippen LogP contribution >= 0.6 is 11.1 Å². The minimum absolute atomic E-state index is 0.166. The zero-order valence-corrected chi connectivity index (χ0v) is 9.18. The van der Waals surface area contributed by atoms with E-state index in [2.05, 4.69) is 17.8 Å². The zero-order chi connectivity index (χ0) is 9.42. The van der Waals surface area contributed by atoms with E-state index < -0.39 is 0 Å². The number of carbonyl (C=O) groups is 1. The molecule has 2 amide bonds. The topological polar surface area (TPSA) is 32.3 Å². The first-order valence-corrected chi connectivity index (χ1v) is 7.12. The number of hydrogen-bond acceptors (Lipinski definition) is 1. The average molecular weight is 202 g/mol. The fourth-order valence-electron chi connectivity index (χ4n) is 2.33. The molecule has 0 bridgehead atoms. The van der Waals surface area contributed by atoms with Crippen molar-refractivity contribution >= 4 is 17.1 Å². The van der Waals surface area contributed by atoms with Crippen molar-refractivity contribution in [1.29, 1.82) is 0 Å². The van der Waals surface area contributed by atoms with Crippen LogP contribution in [0.3, 0.4) is 0 Å². The minimum Gasteiger partial charge on any atom is -0.334 e. The third-order valence-corrected chi connectivity index (χ3v) is 4.40. The van der Waals surface area contributed by atoms with Crippen LogP contribution in [0.4, 0.5) is 4.79 Å². The average Bonchev–Trinajstić information content (AvgIpc) is 2.48. The molecule has 1 aliphatic carbocycles. The first-order valence-electron chi connectivity index (χ1n) is 4.94. The highest BCUT2D eigenvalue weighted by molar-refractivity contribution is 8.14. The Balaban J connectivity index is 2.05. The zero-order valence-electron chi connectivity index (χ0n) is 8.29. The standard InChI is InChI=1S/C9H18N2OS/c1-13(2)11-6-7-4-3-5-8(7)10-9(11)12/h7-8,13H,3-6H2,1-2H3,(H,10,12). The van der Waals surface area contributed by atoms with Crippen LogP contribution in [0, 0.1) is 5.92 Å². The predicted octanol–water partition coefficient (Wildman–Crippen LogP) is 1.36. The third kappa shape index (κ3) is 1.64. The van der Waals surface area contributed by atoms with Crippen LogP contribution in [0.25, 0.3) is 0 Å². The molecule has 3 nitrogen and oxygen atoms in total. The quantitative estimate of drug-likeness (QED) is 0.618. The van der Waals surface area contributed by atoms with Gasteiger partial charge in [-0.2, -0.15) is 11.1 Å². The number of fused-ring (bicyclic) bond motifs is 1. The van der Waals surface area contributed by atoms with E-state index in [1.807, 2.05) is 4.31 Å². The molecule has 2 rings (SSSR count). The summed E-state index contributed by atoms with van der Waals surface area (Å²) in [6, 6.07) is 0.651. The van der Waals surface area contributed by atoms with Crippen LogP contribution in [0.15, 0.2) is 0 Å². The van der Waals surface area contributed by atoms with E-state index in [4.69, 9.17) is 0 Å². The van der Waals surface area contributed by atoms with Gasteiger partial charge in [0.25, 0.3) is 0 Å². The molecule has 1 aliphatic heterocycles. The van der Waals surface area contributed by atoms with Crippen LogP contribution in [0.1, 0.15) is 19.3 Å². The first-order chi connectivity index (χ1) is 6.18. The normalized spacial score (nSPS) is 34.2. The van der Waals surface area contributed by atoms with E-state index in [0.29, 0.717) is 6.04 Å². The first kappa shape index (κ1) is 9.19. The van der Waals surface area contributed by atoms with E-state index in [1.165, 1.54) is 19.3 Å². The largest absolute Gasteiger partial charge is 0.334 e. The van der Waals surface area contributed by atoms with Gasteiger partial charge in [0, 0.05) is 12.6 Å². The Morgan fingerprint density at radius 2 is 2.23 bits per heavy atom. The van der Waals surface area contributed by atoms with Crippen molar-refractivity contribution < 1.29 is 4.79 Å². The van der Waals surface area contributed by atoms with Crippen LogP contribution in [0.2, 0.25) is 0 Å². The molecule has 1 saturated carbocycles. The summed E-state index contributed by atoms with van der Waals surface area (Å²) in [6.07, 6.45) is 8.06. The van der Waals surface area contributed by atoms with Gasteiger partial charge >= 0.3 is 6.03 Å². The second kappa shape index (κ2) is 3.40. The Morgan fingerprint density at radius 3 is 2.92 bits per heavy atom. The number of amides is 2. The summed E-state index contributed by atoms with van der Waals surface area (Å²) in [5, 5.41) is 3.11. The van der Waals surface area contributed by atoms with Gasteiger partial charge in [-0.3, -0.25) is 4.31 Å². The van der Waals surface area contributed by atoms with E-state index in [9.17, 15) is 4.79 Å². The molecule has 1 heterocycles. The molecule has 0 aromatic rings. The Kier molecular flexibility index (Phi) is 2.41. The van der Waals surface area contributed by atoms with Crippen LogP contribution in [-0.2, 0) is 0 Å². The lowest BCUT2D eigenvalue weighted by Gasteiger charge is -2.39. The minimum atomic E-state index is -0.260. The third-order valence-electron chi connectivity index (χ3n) is 3.09. The SMILES string of the molecule is C[SH](C)N1CC2CCCC2NC1=O.